The number of fused-ring (bicyclic) bond motifs is 5. The van der Waals surface area contributed by atoms with E-state index in [1.807, 2.05) is 24.3 Å². The van der Waals surface area contributed by atoms with Gasteiger partial charge in [0.2, 0.25) is 10.0 Å². The summed E-state index contributed by atoms with van der Waals surface area (Å²) in [6, 6.07) is 7.96. The summed E-state index contributed by atoms with van der Waals surface area (Å²) in [5.74, 6) is 1.25. The van der Waals surface area contributed by atoms with Gasteiger partial charge < -0.3 is 15.0 Å². The molecule has 1 aromatic carbocycles. The van der Waals surface area contributed by atoms with Crippen molar-refractivity contribution in [3.63, 3.8) is 0 Å². The van der Waals surface area contributed by atoms with Crippen LogP contribution >= 0.6 is 0 Å². The second-order valence-corrected chi connectivity index (χ2v) is 8.42. The zero-order valence-electron chi connectivity index (χ0n) is 14.5. The number of rotatable bonds is 5. The lowest BCUT2D eigenvalue weighted by molar-refractivity contribution is 0.0534. The van der Waals surface area contributed by atoms with Crippen LogP contribution in [0.3, 0.4) is 0 Å². The number of anilines is 1. The predicted molar refractivity (Wildman–Crippen MR) is 100 cm³/mol. The molecule has 0 fully saturated rings. The fourth-order valence-electron chi connectivity index (χ4n) is 3.53. The van der Waals surface area contributed by atoms with Gasteiger partial charge >= 0.3 is 0 Å². The van der Waals surface area contributed by atoms with Gasteiger partial charge in [-0.3, -0.25) is 0 Å². The van der Waals surface area contributed by atoms with Crippen LogP contribution in [0.2, 0.25) is 0 Å². The van der Waals surface area contributed by atoms with Gasteiger partial charge in [-0.25, -0.2) is 23.1 Å². The Hall–Kier alpha value is -2.23. The van der Waals surface area contributed by atoms with Gasteiger partial charge in [0.15, 0.2) is 5.82 Å². The van der Waals surface area contributed by atoms with E-state index in [0.29, 0.717) is 37.5 Å². The number of nitrogens with zero attached hydrogens (tertiary/aromatic N) is 3. The molecule has 0 spiro atoms. The molecule has 26 heavy (non-hydrogen) atoms. The fourth-order valence-corrected chi connectivity index (χ4v) is 4.05. The van der Waals surface area contributed by atoms with Crippen molar-refractivity contribution in [3.8, 4) is 0 Å². The molecule has 1 aliphatic heterocycles. The minimum Gasteiger partial charge on any atom is -0.382 e. The number of para-hydroxylation sites is 1. The number of imidazole rings is 1. The topological polar surface area (TPSA) is 112 Å². The number of pyridine rings is 1. The van der Waals surface area contributed by atoms with Crippen LogP contribution in [-0.4, -0.2) is 42.4 Å². The SMILES string of the molecule is CS(=O)(=O)NCCC[C@@H]1COCc2nc3c(N)nc4ccccc4c3n21. The van der Waals surface area contributed by atoms with Gasteiger partial charge in [-0.2, -0.15) is 0 Å². The second kappa shape index (κ2) is 6.49. The lowest BCUT2D eigenvalue weighted by atomic mass is 10.1. The molecule has 1 aliphatic rings. The van der Waals surface area contributed by atoms with Gasteiger partial charge in [0.25, 0.3) is 0 Å². The molecule has 0 radical (unpaired) electrons. The molecule has 8 nitrogen and oxygen atoms in total. The molecular formula is C17H21N5O3S. The monoisotopic (exact) mass is 375 g/mol. The first-order chi connectivity index (χ1) is 12.4. The Morgan fingerprint density at radius 3 is 2.96 bits per heavy atom. The van der Waals surface area contributed by atoms with Crippen LogP contribution < -0.4 is 10.5 Å². The first-order valence-electron chi connectivity index (χ1n) is 8.51. The number of nitrogens with one attached hydrogen (secondary N) is 1. The van der Waals surface area contributed by atoms with Crippen LogP contribution in [0.4, 0.5) is 5.82 Å². The highest BCUT2D eigenvalue weighted by Gasteiger charge is 2.26. The van der Waals surface area contributed by atoms with Crippen molar-refractivity contribution in [2.75, 3.05) is 25.1 Å². The first-order valence-corrected chi connectivity index (χ1v) is 10.4. The molecular weight excluding hydrogens is 354 g/mol. The molecule has 4 rings (SSSR count). The number of sulfonamides is 1. The van der Waals surface area contributed by atoms with Crippen molar-refractivity contribution in [2.24, 2.45) is 0 Å². The summed E-state index contributed by atoms with van der Waals surface area (Å²) >= 11 is 0. The third-order valence-electron chi connectivity index (χ3n) is 4.61. The Labute approximate surface area is 151 Å². The second-order valence-electron chi connectivity index (χ2n) is 6.59. The highest BCUT2D eigenvalue weighted by atomic mass is 32.2. The highest BCUT2D eigenvalue weighted by Crippen LogP contribution is 2.34. The van der Waals surface area contributed by atoms with E-state index in [4.69, 9.17) is 10.5 Å². The molecule has 0 saturated carbocycles. The molecule has 3 aromatic rings. The molecule has 3 N–H and O–H groups in total. The Morgan fingerprint density at radius 2 is 2.15 bits per heavy atom. The predicted octanol–water partition coefficient (Wildman–Crippen LogP) is 1.57. The van der Waals surface area contributed by atoms with E-state index < -0.39 is 10.0 Å². The van der Waals surface area contributed by atoms with Gasteiger partial charge in [-0.15, -0.1) is 0 Å². The lowest BCUT2D eigenvalue weighted by Crippen LogP contribution is -2.27. The van der Waals surface area contributed by atoms with Crippen LogP contribution in [0.1, 0.15) is 24.7 Å². The fraction of sp³-hybridized carbons (Fsp3) is 0.412. The average molecular weight is 375 g/mol. The number of hydrogen-bond acceptors (Lipinski definition) is 6. The molecule has 0 unspecified atom stereocenters. The zero-order chi connectivity index (χ0) is 18.3. The van der Waals surface area contributed by atoms with E-state index in [2.05, 4.69) is 19.3 Å². The Kier molecular flexibility index (Phi) is 4.29. The molecule has 1 atom stereocenters. The smallest absolute Gasteiger partial charge is 0.208 e. The molecule has 0 bridgehead atoms. The van der Waals surface area contributed by atoms with Crippen LogP contribution in [-0.2, 0) is 21.4 Å². The number of benzene rings is 1. The Bertz CT molecular complexity index is 1080. The van der Waals surface area contributed by atoms with Gasteiger partial charge in [0.1, 0.15) is 17.9 Å². The largest absolute Gasteiger partial charge is 0.382 e. The molecule has 9 heteroatoms. The first kappa shape index (κ1) is 17.2. The summed E-state index contributed by atoms with van der Waals surface area (Å²) in [6.45, 7) is 1.40. The van der Waals surface area contributed by atoms with Crippen molar-refractivity contribution in [1.82, 2.24) is 19.3 Å². The third kappa shape index (κ3) is 3.13. The Morgan fingerprint density at radius 1 is 1.35 bits per heavy atom. The van der Waals surface area contributed by atoms with Crippen LogP contribution in [0.15, 0.2) is 24.3 Å². The number of ether oxygens (including phenoxy) is 1. The zero-order valence-corrected chi connectivity index (χ0v) is 15.3. The quantitative estimate of drug-likeness (QED) is 0.655. The minimum absolute atomic E-state index is 0.0790. The summed E-state index contributed by atoms with van der Waals surface area (Å²) < 4.78 is 32.9. The van der Waals surface area contributed by atoms with E-state index in [1.165, 1.54) is 6.26 Å². The lowest BCUT2D eigenvalue weighted by Gasteiger charge is -2.26. The van der Waals surface area contributed by atoms with Gasteiger partial charge in [0, 0.05) is 11.9 Å². The molecule has 0 saturated heterocycles. The molecule has 138 valence electrons. The van der Waals surface area contributed by atoms with E-state index in [-0.39, 0.29) is 6.04 Å². The van der Waals surface area contributed by atoms with Gasteiger partial charge in [0.05, 0.1) is 29.9 Å². The summed E-state index contributed by atoms with van der Waals surface area (Å²) in [5, 5.41) is 1.01. The molecule has 3 heterocycles. The number of nitrogens with two attached hydrogens (primary N) is 1. The Balaban J connectivity index is 1.73. The molecule has 0 amide bonds. The number of nitrogen functional groups attached to an aromatic ring is 1. The number of aromatic nitrogens is 3. The van der Waals surface area contributed by atoms with Crippen molar-refractivity contribution >= 4 is 37.8 Å². The summed E-state index contributed by atoms with van der Waals surface area (Å²) in [7, 11) is -3.17. The van der Waals surface area contributed by atoms with Gasteiger partial charge in [-0.05, 0) is 18.9 Å². The van der Waals surface area contributed by atoms with Crippen molar-refractivity contribution < 1.29 is 13.2 Å². The summed E-state index contributed by atoms with van der Waals surface area (Å²) in [4.78, 5) is 9.12. The van der Waals surface area contributed by atoms with Crippen molar-refractivity contribution in [2.45, 2.75) is 25.5 Å². The number of hydrogen-bond donors (Lipinski definition) is 2. The normalized spacial score (nSPS) is 17.7. The molecule has 0 aliphatic carbocycles. The molecule has 2 aromatic heterocycles. The van der Waals surface area contributed by atoms with E-state index >= 15 is 0 Å². The van der Waals surface area contributed by atoms with Crippen LogP contribution in [0, 0.1) is 0 Å². The highest BCUT2D eigenvalue weighted by molar-refractivity contribution is 7.88. The van der Waals surface area contributed by atoms with E-state index in [9.17, 15) is 8.42 Å². The van der Waals surface area contributed by atoms with E-state index in [1.54, 1.807) is 0 Å². The standard InChI is InChI=1S/C17H21N5O3S/c1-26(23,24)19-8-4-5-11-9-25-10-14-21-15-16(22(11)14)12-6-2-3-7-13(12)20-17(15)18/h2-3,6-7,11,19H,4-5,8-10H2,1H3,(H2,18,20)/t11-/m1/s1. The van der Waals surface area contributed by atoms with Crippen LogP contribution in [0.25, 0.3) is 21.9 Å². The van der Waals surface area contributed by atoms with Crippen molar-refractivity contribution in [1.29, 1.82) is 0 Å². The maximum atomic E-state index is 11.2. The summed E-state index contributed by atoms with van der Waals surface area (Å²) in [6.07, 6.45) is 2.65. The van der Waals surface area contributed by atoms with Gasteiger partial charge in [-0.1, -0.05) is 18.2 Å². The van der Waals surface area contributed by atoms with E-state index in [0.717, 1.165) is 28.7 Å². The average Bonchev–Trinajstić information content (AvgIpc) is 2.99. The maximum absolute atomic E-state index is 11.2. The minimum atomic E-state index is -3.17. The van der Waals surface area contributed by atoms with Crippen LogP contribution in [0.5, 0.6) is 0 Å². The summed E-state index contributed by atoms with van der Waals surface area (Å²) in [5.41, 5.74) is 8.66. The third-order valence-corrected chi connectivity index (χ3v) is 5.34. The maximum Gasteiger partial charge on any atom is 0.208 e. The van der Waals surface area contributed by atoms with Crippen molar-refractivity contribution in [3.05, 3.63) is 30.1 Å².